The number of carbonyl (C=O) groups excluding carboxylic acids is 1. The van der Waals surface area contributed by atoms with Crippen molar-refractivity contribution in [1.29, 1.82) is 0 Å². The Bertz CT molecular complexity index is 870. The van der Waals surface area contributed by atoms with Gasteiger partial charge in [0.2, 0.25) is 4.96 Å². The average molecular weight is 392 g/mol. The summed E-state index contributed by atoms with van der Waals surface area (Å²) in [6.45, 7) is 0.550. The molecule has 0 atom stereocenters. The van der Waals surface area contributed by atoms with Gasteiger partial charge in [-0.3, -0.25) is 4.79 Å². The molecule has 4 rings (SSSR count). The Morgan fingerprint density at radius 1 is 1.39 bits per heavy atom. The number of hydrogen-bond donors (Lipinski definition) is 1. The van der Waals surface area contributed by atoms with Crippen LogP contribution < -0.4 is 5.32 Å². The van der Waals surface area contributed by atoms with E-state index in [4.69, 9.17) is 0 Å². The van der Waals surface area contributed by atoms with Crippen LogP contribution in [-0.2, 0) is 6.42 Å². The molecule has 0 saturated heterocycles. The maximum atomic E-state index is 12.1. The summed E-state index contributed by atoms with van der Waals surface area (Å²) in [7, 11) is 0. The largest absolute Gasteiger partial charge is 0.352 e. The lowest BCUT2D eigenvalue weighted by molar-refractivity contribution is 0.0954. The van der Waals surface area contributed by atoms with Gasteiger partial charge in [0.1, 0.15) is 5.01 Å². The van der Waals surface area contributed by atoms with Crippen LogP contribution in [0.3, 0.4) is 0 Å². The summed E-state index contributed by atoms with van der Waals surface area (Å²) in [5.74, 6) is 1.42. The van der Waals surface area contributed by atoms with E-state index in [0.29, 0.717) is 24.4 Å². The minimum atomic E-state index is -0.0760. The van der Waals surface area contributed by atoms with Gasteiger partial charge in [0.25, 0.3) is 5.91 Å². The molecule has 2 heterocycles. The quantitative estimate of drug-likeness (QED) is 0.725. The second-order valence-corrected chi connectivity index (χ2v) is 7.50. The first-order valence-electron chi connectivity index (χ1n) is 7.45. The zero-order valence-electron chi connectivity index (χ0n) is 12.2. The minimum absolute atomic E-state index is 0.0760. The fraction of sp³-hybridized carbons (Fsp3) is 0.333. The highest BCUT2D eigenvalue weighted by atomic mass is 79.9. The summed E-state index contributed by atoms with van der Waals surface area (Å²) in [5.41, 5.74) is 0.647. The van der Waals surface area contributed by atoms with E-state index in [2.05, 4.69) is 36.5 Å². The van der Waals surface area contributed by atoms with Crippen LogP contribution in [0.5, 0.6) is 0 Å². The highest BCUT2D eigenvalue weighted by molar-refractivity contribution is 9.10. The summed E-state index contributed by atoms with van der Waals surface area (Å²) in [6.07, 6.45) is 3.05. The van der Waals surface area contributed by atoms with Gasteiger partial charge in [0.05, 0.1) is 0 Å². The Kier molecular flexibility index (Phi) is 3.86. The van der Waals surface area contributed by atoms with Gasteiger partial charge >= 0.3 is 0 Å². The van der Waals surface area contributed by atoms with E-state index >= 15 is 0 Å². The first-order valence-corrected chi connectivity index (χ1v) is 9.06. The normalized spacial score (nSPS) is 14.3. The van der Waals surface area contributed by atoms with E-state index in [0.717, 1.165) is 20.3 Å². The van der Waals surface area contributed by atoms with Gasteiger partial charge in [-0.15, -0.1) is 10.2 Å². The number of nitrogens with zero attached hydrogens (tertiary/aromatic N) is 4. The molecule has 1 aromatic carbocycles. The topological polar surface area (TPSA) is 72.2 Å². The van der Waals surface area contributed by atoms with E-state index < -0.39 is 0 Å². The van der Waals surface area contributed by atoms with Crippen LogP contribution in [0, 0.1) is 0 Å². The van der Waals surface area contributed by atoms with Gasteiger partial charge in [-0.2, -0.15) is 9.61 Å². The van der Waals surface area contributed by atoms with Gasteiger partial charge in [-0.05, 0) is 31.0 Å². The molecule has 0 unspecified atom stereocenters. The SMILES string of the molecule is O=C(NCCc1nn2c(C3CC3)nnc2s1)c1cccc(Br)c1. The summed E-state index contributed by atoms with van der Waals surface area (Å²) in [5, 5.41) is 16.8. The van der Waals surface area contributed by atoms with E-state index in [-0.39, 0.29) is 5.91 Å². The molecule has 1 fully saturated rings. The van der Waals surface area contributed by atoms with Crippen LogP contribution >= 0.6 is 27.3 Å². The van der Waals surface area contributed by atoms with Crippen molar-refractivity contribution in [3.05, 3.63) is 45.1 Å². The van der Waals surface area contributed by atoms with Gasteiger partial charge in [-0.1, -0.05) is 33.3 Å². The number of fused-ring (bicyclic) bond motifs is 1. The lowest BCUT2D eigenvalue weighted by Gasteiger charge is -2.04. The van der Waals surface area contributed by atoms with Crippen molar-refractivity contribution < 1.29 is 4.79 Å². The van der Waals surface area contributed by atoms with Crippen molar-refractivity contribution >= 4 is 38.1 Å². The Labute approximate surface area is 145 Å². The maximum absolute atomic E-state index is 12.1. The summed E-state index contributed by atoms with van der Waals surface area (Å²) in [4.78, 5) is 12.9. The number of carbonyl (C=O) groups is 1. The molecule has 3 aromatic rings. The maximum Gasteiger partial charge on any atom is 0.251 e. The molecule has 1 aliphatic carbocycles. The summed E-state index contributed by atoms with van der Waals surface area (Å²) in [6, 6.07) is 7.35. The Morgan fingerprint density at radius 3 is 3.04 bits per heavy atom. The third-order valence-corrected chi connectivity index (χ3v) is 5.16. The lowest BCUT2D eigenvalue weighted by atomic mass is 10.2. The van der Waals surface area contributed by atoms with Crippen LogP contribution in [0.2, 0.25) is 0 Å². The van der Waals surface area contributed by atoms with Crippen LogP contribution in [0.15, 0.2) is 28.7 Å². The molecular weight excluding hydrogens is 378 g/mol. The Morgan fingerprint density at radius 2 is 2.26 bits per heavy atom. The molecule has 0 bridgehead atoms. The molecule has 0 aliphatic heterocycles. The predicted molar refractivity (Wildman–Crippen MR) is 90.8 cm³/mol. The van der Waals surface area contributed by atoms with Gasteiger partial charge in [0.15, 0.2) is 5.82 Å². The second-order valence-electron chi connectivity index (χ2n) is 5.54. The zero-order chi connectivity index (χ0) is 15.8. The van der Waals surface area contributed by atoms with Crippen molar-refractivity contribution in [1.82, 2.24) is 25.1 Å². The minimum Gasteiger partial charge on any atom is -0.352 e. The number of amides is 1. The molecule has 2 aromatic heterocycles. The van der Waals surface area contributed by atoms with Crippen molar-refractivity contribution in [3.8, 4) is 0 Å². The number of hydrogen-bond acceptors (Lipinski definition) is 5. The molecule has 0 radical (unpaired) electrons. The van der Waals surface area contributed by atoms with Crippen molar-refractivity contribution in [2.75, 3.05) is 6.54 Å². The zero-order valence-corrected chi connectivity index (χ0v) is 14.6. The third kappa shape index (κ3) is 3.13. The van der Waals surface area contributed by atoms with Crippen molar-refractivity contribution in [2.45, 2.75) is 25.2 Å². The van der Waals surface area contributed by atoms with E-state index in [1.54, 1.807) is 12.1 Å². The third-order valence-electron chi connectivity index (χ3n) is 3.71. The molecule has 23 heavy (non-hydrogen) atoms. The molecule has 0 spiro atoms. The first kappa shape index (κ1) is 14.8. The smallest absolute Gasteiger partial charge is 0.251 e. The van der Waals surface area contributed by atoms with Crippen LogP contribution in [0.1, 0.15) is 39.9 Å². The molecule has 6 nitrogen and oxygen atoms in total. The molecule has 118 valence electrons. The van der Waals surface area contributed by atoms with Crippen LogP contribution in [0.4, 0.5) is 0 Å². The summed E-state index contributed by atoms with van der Waals surface area (Å²) >= 11 is 4.90. The average Bonchev–Trinajstić information content (AvgIpc) is 3.18. The standard InChI is InChI=1S/C15H14BrN5OS/c16-11-3-1-2-10(8-11)14(22)17-7-6-12-20-21-13(9-4-5-9)18-19-15(21)23-12/h1-3,8-9H,4-7H2,(H,17,22). The molecule has 1 N–H and O–H groups in total. The monoisotopic (exact) mass is 391 g/mol. The van der Waals surface area contributed by atoms with Crippen molar-refractivity contribution in [3.63, 3.8) is 0 Å². The number of aromatic nitrogens is 4. The van der Waals surface area contributed by atoms with E-state index in [9.17, 15) is 4.79 Å². The first-order chi connectivity index (χ1) is 11.2. The second kappa shape index (κ2) is 6.01. The highest BCUT2D eigenvalue weighted by Gasteiger charge is 2.29. The van der Waals surface area contributed by atoms with Crippen molar-refractivity contribution in [2.24, 2.45) is 0 Å². The Balaban J connectivity index is 1.38. The van der Waals surface area contributed by atoms with Crippen LogP contribution in [0.25, 0.3) is 4.96 Å². The number of benzene rings is 1. The van der Waals surface area contributed by atoms with Gasteiger partial charge in [-0.25, -0.2) is 0 Å². The van der Waals surface area contributed by atoms with Crippen LogP contribution in [-0.4, -0.2) is 32.3 Å². The van der Waals surface area contributed by atoms with E-state index in [1.807, 2.05) is 16.6 Å². The number of nitrogens with one attached hydrogen (secondary N) is 1. The molecule has 8 heteroatoms. The fourth-order valence-electron chi connectivity index (χ4n) is 2.38. The molecule has 1 aliphatic rings. The molecular formula is C15H14BrN5OS. The summed E-state index contributed by atoms with van der Waals surface area (Å²) < 4.78 is 2.75. The fourth-order valence-corrected chi connectivity index (χ4v) is 3.62. The van der Waals surface area contributed by atoms with Gasteiger partial charge in [0, 0.05) is 28.9 Å². The highest BCUT2D eigenvalue weighted by Crippen LogP contribution is 2.39. The molecule has 1 saturated carbocycles. The predicted octanol–water partition coefficient (Wildman–Crippen LogP) is 2.80. The van der Waals surface area contributed by atoms with Gasteiger partial charge < -0.3 is 5.32 Å². The lowest BCUT2D eigenvalue weighted by Crippen LogP contribution is -2.25. The van der Waals surface area contributed by atoms with E-state index in [1.165, 1.54) is 24.2 Å². The number of rotatable bonds is 5. The Hall–Kier alpha value is -1.80. The molecule has 1 amide bonds. The number of halogens is 1.